The van der Waals surface area contributed by atoms with Gasteiger partial charge >= 0.3 is 0 Å². The molecule has 4 aliphatic rings. The maximum Gasteiger partial charge on any atom is 0.186 e. The number of benzene rings is 1. The standard InChI is InChI=1S/C16H10O2/c17-13-7-5-3-1-2-4-6-11-12(13)8-10-9-14-15(11)16(10)18-14/h1-8H,9H2/b3-1-,4-2-,7-5-,11-6+. The highest BCUT2D eigenvalue weighted by atomic mass is 16.5. The van der Waals surface area contributed by atoms with Crippen molar-refractivity contribution in [1.82, 2.24) is 0 Å². The molecule has 1 aromatic carbocycles. The number of fused-ring (bicyclic) bond motifs is 1. The van der Waals surface area contributed by atoms with Crippen LogP contribution >= 0.6 is 0 Å². The van der Waals surface area contributed by atoms with E-state index in [2.05, 4.69) is 0 Å². The van der Waals surface area contributed by atoms with E-state index in [0.29, 0.717) is 0 Å². The zero-order chi connectivity index (χ0) is 12.1. The molecule has 2 aliphatic carbocycles. The van der Waals surface area contributed by atoms with Crippen LogP contribution in [0, 0.1) is 0 Å². The maximum atomic E-state index is 12.2. The van der Waals surface area contributed by atoms with Crippen LogP contribution in [0.1, 0.15) is 15.9 Å². The second kappa shape index (κ2) is 3.33. The van der Waals surface area contributed by atoms with Crippen molar-refractivity contribution in [2.75, 3.05) is 0 Å². The number of hydrogen-bond donors (Lipinski definition) is 0. The molecule has 18 heavy (non-hydrogen) atoms. The first-order chi connectivity index (χ1) is 8.84. The van der Waals surface area contributed by atoms with Crippen molar-refractivity contribution in [1.29, 1.82) is 0 Å². The molecule has 1 aromatic rings. The van der Waals surface area contributed by atoms with Crippen LogP contribution in [-0.4, -0.2) is 5.78 Å². The molecule has 2 heterocycles. The van der Waals surface area contributed by atoms with Gasteiger partial charge in [0.15, 0.2) is 5.78 Å². The summed E-state index contributed by atoms with van der Waals surface area (Å²) in [6, 6.07) is 1.97. The molecule has 2 heteroatoms. The highest BCUT2D eigenvalue weighted by Crippen LogP contribution is 2.34. The monoisotopic (exact) mass is 234 g/mol. The summed E-state index contributed by atoms with van der Waals surface area (Å²) in [6.45, 7) is 0. The van der Waals surface area contributed by atoms with Gasteiger partial charge in [-0.25, -0.2) is 0 Å². The Morgan fingerprint density at radius 3 is 2.83 bits per heavy atom. The molecule has 0 radical (unpaired) electrons. The smallest absolute Gasteiger partial charge is 0.186 e. The summed E-state index contributed by atoms with van der Waals surface area (Å²) < 4.78 is 5.54. The van der Waals surface area contributed by atoms with E-state index in [1.165, 1.54) is 0 Å². The fourth-order valence-corrected chi connectivity index (χ4v) is 2.64. The van der Waals surface area contributed by atoms with E-state index in [-0.39, 0.29) is 5.78 Å². The molecule has 0 aromatic heterocycles. The lowest BCUT2D eigenvalue weighted by atomic mass is 10.0. The van der Waals surface area contributed by atoms with Crippen molar-refractivity contribution in [3.63, 3.8) is 0 Å². The number of ether oxygens (including phenoxy) is 1. The Kier molecular flexibility index (Phi) is 1.78. The van der Waals surface area contributed by atoms with Crippen LogP contribution in [0.3, 0.4) is 0 Å². The molecule has 0 amide bonds. The fraction of sp³-hybridized carbons (Fsp3) is 0.0625. The Labute approximate surface area is 104 Å². The van der Waals surface area contributed by atoms with Crippen LogP contribution in [0.2, 0.25) is 0 Å². The number of hydrogen-bond acceptors (Lipinski definition) is 2. The number of carbonyl (C=O) groups is 1. The van der Waals surface area contributed by atoms with Crippen LogP contribution in [0.25, 0.3) is 11.8 Å². The van der Waals surface area contributed by atoms with Gasteiger partial charge in [-0.15, -0.1) is 0 Å². The molecule has 0 unspecified atom stereocenters. The van der Waals surface area contributed by atoms with Gasteiger partial charge in [-0.1, -0.05) is 36.5 Å². The third kappa shape index (κ3) is 1.15. The van der Waals surface area contributed by atoms with Crippen LogP contribution in [0.4, 0.5) is 0 Å². The summed E-state index contributed by atoms with van der Waals surface area (Å²) in [6.07, 6.45) is 13.9. The van der Waals surface area contributed by atoms with Crippen molar-refractivity contribution in [2.24, 2.45) is 0 Å². The molecular weight excluding hydrogens is 224 g/mol. The Hall–Kier alpha value is -2.35. The van der Waals surface area contributed by atoms with Crippen molar-refractivity contribution < 1.29 is 9.53 Å². The Morgan fingerprint density at radius 1 is 1.06 bits per heavy atom. The molecule has 4 bridgehead atoms. The number of carbonyl (C=O) groups excluding carboxylic acids is 1. The van der Waals surface area contributed by atoms with Crippen molar-refractivity contribution in [2.45, 2.75) is 6.42 Å². The van der Waals surface area contributed by atoms with Gasteiger partial charge in [0.1, 0.15) is 11.5 Å². The number of ketones is 1. The fourth-order valence-electron chi connectivity index (χ4n) is 2.64. The quantitative estimate of drug-likeness (QED) is 0.678. The molecule has 0 saturated heterocycles. The normalized spacial score (nSPS) is 25.2. The van der Waals surface area contributed by atoms with Crippen LogP contribution in [0.15, 0.2) is 42.5 Å². The summed E-state index contributed by atoms with van der Waals surface area (Å²) in [7, 11) is 0. The van der Waals surface area contributed by atoms with Crippen LogP contribution in [0.5, 0.6) is 5.75 Å². The van der Waals surface area contributed by atoms with Gasteiger partial charge in [-0.3, -0.25) is 4.79 Å². The largest absolute Gasteiger partial charge is 0.459 e. The zero-order valence-electron chi connectivity index (χ0n) is 9.64. The van der Waals surface area contributed by atoms with E-state index < -0.39 is 0 Å². The van der Waals surface area contributed by atoms with E-state index in [1.807, 2.05) is 36.4 Å². The molecule has 5 rings (SSSR count). The minimum Gasteiger partial charge on any atom is -0.459 e. The lowest BCUT2D eigenvalue weighted by Gasteiger charge is -2.12. The first kappa shape index (κ1) is 9.66. The number of allylic oxidation sites excluding steroid dienone is 6. The van der Waals surface area contributed by atoms with E-state index in [9.17, 15) is 4.79 Å². The maximum absolute atomic E-state index is 12.2. The predicted octanol–water partition coefficient (Wildman–Crippen LogP) is 1.39. The third-order valence-corrected chi connectivity index (χ3v) is 3.47. The van der Waals surface area contributed by atoms with Crippen LogP contribution < -0.4 is 15.2 Å². The van der Waals surface area contributed by atoms with Crippen molar-refractivity contribution in [3.05, 3.63) is 64.1 Å². The van der Waals surface area contributed by atoms with Gasteiger partial charge in [0.05, 0.1) is 5.22 Å². The third-order valence-electron chi connectivity index (χ3n) is 3.47. The molecule has 0 N–H and O–H groups in total. The molecule has 0 saturated carbocycles. The molecular formula is C16H10O2. The Morgan fingerprint density at radius 2 is 1.89 bits per heavy atom. The SMILES string of the molecule is O=C1\C=C/C=C\C=C/C=c2\c1cc1c3c2=C(C1)O3. The predicted molar refractivity (Wildman–Crippen MR) is 69.6 cm³/mol. The summed E-state index contributed by atoms with van der Waals surface area (Å²) in [5.41, 5.74) is 1.92. The van der Waals surface area contributed by atoms with Gasteiger partial charge in [0.2, 0.25) is 0 Å². The lowest BCUT2D eigenvalue weighted by Crippen LogP contribution is -2.37. The summed E-state index contributed by atoms with van der Waals surface area (Å²) in [5.74, 6) is 2.03. The number of rotatable bonds is 0. The molecule has 0 spiro atoms. The Bertz CT molecular complexity index is 789. The molecule has 2 nitrogen and oxygen atoms in total. The van der Waals surface area contributed by atoms with Crippen molar-refractivity contribution >= 4 is 17.6 Å². The first-order valence-corrected chi connectivity index (χ1v) is 5.97. The Balaban J connectivity index is 2.11. The second-order valence-corrected chi connectivity index (χ2v) is 4.56. The topological polar surface area (TPSA) is 26.3 Å². The molecule has 0 atom stereocenters. The highest BCUT2D eigenvalue weighted by Gasteiger charge is 2.32. The van der Waals surface area contributed by atoms with E-state index in [0.717, 1.165) is 39.5 Å². The summed E-state index contributed by atoms with van der Waals surface area (Å²) >= 11 is 0. The average Bonchev–Trinajstić information content (AvgIpc) is 2.87. The molecule has 0 fully saturated rings. The van der Waals surface area contributed by atoms with Crippen LogP contribution in [-0.2, 0) is 6.42 Å². The van der Waals surface area contributed by atoms with Gasteiger partial charge in [-0.2, -0.15) is 0 Å². The van der Waals surface area contributed by atoms with E-state index >= 15 is 0 Å². The van der Waals surface area contributed by atoms with Gasteiger partial charge < -0.3 is 4.74 Å². The average molecular weight is 234 g/mol. The lowest BCUT2D eigenvalue weighted by molar-refractivity contribution is 0.104. The zero-order valence-corrected chi connectivity index (χ0v) is 9.64. The van der Waals surface area contributed by atoms with E-state index in [4.69, 9.17) is 4.74 Å². The first-order valence-electron chi connectivity index (χ1n) is 5.97. The van der Waals surface area contributed by atoms with Gasteiger partial charge in [0, 0.05) is 17.5 Å². The van der Waals surface area contributed by atoms with E-state index in [1.54, 1.807) is 12.2 Å². The minimum absolute atomic E-state index is 0.0541. The van der Waals surface area contributed by atoms with Gasteiger partial charge in [-0.05, 0) is 17.4 Å². The van der Waals surface area contributed by atoms with Gasteiger partial charge in [0.25, 0.3) is 0 Å². The highest BCUT2D eigenvalue weighted by molar-refractivity contribution is 6.05. The summed E-state index contributed by atoms with van der Waals surface area (Å²) in [4.78, 5) is 12.2. The molecule has 86 valence electrons. The molecule has 2 aliphatic heterocycles. The minimum atomic E-state index is 0.0541. The summed E-state index contributed by atoms with van der Waals surface area (Å²) in [5, 5.41) is 2.13. The van der Waals surface area contributed by atoms with Crippen molar-refractivity contribution in [3.8, 4) is 5.75 Å². The second-order valence-electron chi connectivity index (χ2n) is 4.56.